The number of carbonyl (C=O) groups excluding carboxylic acids is 1. The van der Waals surface area contributed by atoms with E-state index < -0.39 is 17.8 Å². The third-order valence-electron chi connectivity index (χ3n) is 3.78. The number of hydrogen-bond acceptors (Lipinski definition) is 3. The van der Waals surface area contributed by atoms with E-state index >= 15 is 0 Å². The standard InChI is InChI=1S/C14H17FN2O4/c1-8-4-5-17(12(8)7-18)14(21)16-11-6-9(15)2-3-10(11)13(19)20/h2-3,6,8,12,18H,4-5,7H2,1H3,(H,16,21)(H,19,20). The summed E-state index contributed by atoms with van der Waals surface area (Å²) >= 11 is 0. The van der Waals surface area contributed by atoms with Gasteiger partial charge in [0, 0.05) is 6.54 Å². The van der Waals surface area contributed by atoms with Gasteiger partial charge in [-0.3, -0.25) is 0 Å². The first-order valence-electron chi connectivity index (χ1n) is 6.65. The molecule has 2 atom stereocenters. The van der Waals surface area contributed by atoms with Gasteiger partial charge >= 0.3 is 12.0 Å². The van der Waals surface area contributed by atoms with Gasteiger partial charge in [-0.25, -0.2) is 14.0 Å². The van der Waals surface area contributed by atoms with Crippen molar-refractivity contribution in [3.05, 3.63) is 29.6 Å². The number of nitrogens with one attached hydrogen (secondary N) is 1. The molecule has 0 spiro atoms. The van der Waals surface area contributed by atoms with Crippen molar-refractivity contribution in [3.63, 3.8) is 0 Å². The van der Waals surface area contributed by atoms with Crippen molar-refractivity contribution in [3.8, 4) is 0 Å². The Morgan fingerprint density at radius 2 is 2.19 bits per heavy atom. The van der Waals surface area contributed by atoms with Crippen molar-refractivity contribution in [2.75, 3.05) is 18.5 Å². The number of aliphatic hydroxyl groups excluding tert-OH is 1. The minimum atomic E-state index is -1.25. The highest BCUT2D eigenvalue weighted by Crippen LogP contribution is 2.25. The first-order valence-corrected chi connectivity index (χ1v) is 6.65. The summed E-state index contributed by atoms with van der Waals surface area (Å²) in [6.07, 6.45) is 0.758. The summed E-state index contributed by atoms with van der Waals surface area (Å²) in [6.45, 7) is 2.23. The number of carboxylic acid groups (broad SMARTS) is 1. The zero-order valence-corrected chi connectivity index (χ0v) is 11.5. The Hall–Kier alpha value is -2.15. The Morgan fingerprint density at radius 3 is 2.81 bits per heavy atom. The van der Waals surface area contributed by atoms with Crippen molar-refractivity contribution in [2.24, 2.45) is 5.92 Å². The number of aromatic carboxylic acids is 1. The number of anilines is 1. The molecule has 21 heavy (non-hydrogen) atoms. The Morgan fingerprint density at radius 1 is 1.48 bits per heavy atom. The number of hydrogen-bond donors (Lipinski definition) is 3. The molecule has 1 aromatic rings. The van der Waals surface area contributed by atoms with Gasteiger partial charge in [0.05, 0.1) is 23.9 Å². The first-order chi connectivity index (χ1) is 9.93. The molecule has 0 aliphatic carbocycles. The molecule has 0 bridgehead atoms. The SMILES string of the molecule is CC1CCN(C(=O)Nc2cc(F)ccc2C(=O)O)C1CO. The van der Waals surface area contributed by atoms with Crippen LogP contribution in [0.1, 0.15) is 23.7 Å². The van der Waals surface area contributed by atoms with Gasteiger partial charge in [-0.2, -0.15) is 0 Å². The Kier molecular flexibility index (Phi) is 4.42. The monoisotopic (exact) mass is 296 g/mol. The third kappa shape index (κ3) is 3.13. The number of aliphatic hydroxyl groups is 1. The van der Waals surface area contributed by atoms with Gasteiger partial charge < -0.3 is 20.4 Å². The maximum atomic E-state index is 13.2. The number of nitrogens with zero attached hydrogens (tertiary/aromatic N) is 1. The number of benzene rings is 1. The Labute approximate surface area is 121 Å². The maximum absolute atomic E-state index is 13.2. The van der Waals surface area contributed by atoms with Crippen LogP contribution in [0.4, 0.5) is 14.9 Å². The highest BCUT2D eigenvalue weighted by molar-refractivity contribution is 6.00. The van der Waals surface area contributed by atoms with Gasteiger partial charge in [0.15, 0.2) is 0 Å². The van der Waals surface area contributed by atoms with E-state index in [1.165, 1.54) is 4.90 Å². The van der Waals surface area contributed by atoms with Crippen molar-refractivity contribution in [1.29, 1.82) is 0 Å². The molecule has 2 unspecified atom stereocenters. The zero-order valence-electron chi connectivity index (χ0n) is 11.5. The zero-order chi connectivity index (χ0) is 15.6. The minimum Gasteiger partial charge on any atom is -0.478 e. The lowest BCUT2D eigenvalue weighted by atomic mass is 10.0. The molecule has 0 radical (unpaired) electrons. The molecule has 3 N–H and O–H groups in total. The summed E-state index contributed by atoms with van der Waals surface area (Å²) < 4.78 is 13.2. The second-order valence-electron chi connectivity index (χ2n) is 5.13. The molecule has 6 nitrogen and oxygen atoms in total. The van der Waals surface area contributed by atoms with Crippen LogP contribution in [0.25, 0.3) is 0 Å². The van der Waals surface area contributed by atoms with Crippen LogP contribution in [0.2, 0.25) is 0 Å². The molecule has 2 rings (SSSR count). The molecule has 1 fully saturated rings. The van der Waals surface area contributed by atoms with E-state index in [9.17, 15) is 19.1 Å². The number of amides is 2. The topological polar surface area (TPSA) is 89.9 Å². The van der Waals surface area contributed by atoms with Crippen molar-refractivity contribution in [2.45, 2.75) is 19.4 Å². The predicted octanol–water partition coefficient (Wildman–Crippen LogP) is 1.76. The van der Waals surface area contributed by atoms with Crippen molar-refractivity contribution >= 4 is 17.7 Å². The largest absolute Gasteiger partial charge is 0.478 e. The fourth-order valence-electron chi connectivity index (χ4n) is 2.53. The smallest absolute Gasteiger partial charge is 0.337 e. The molecular formula is C14H17FN2O4. The Balaban J connectivity index is 2.20. The lowest BCUT2D eigenvalue weighted by Gasteiger charge is -2.25. The number of urea groups is 1. The molecule has 1 aromatic carbocycles. The van der Waals surface area contributed by atoms with E-state index in [2.05, 4.69) is 5.32 Å². The highest BCUT2D eigenvalue weighted by Gasteiger charge is 2.34. The number of halogens is 1. The van der Waals surface area contributed by atoms with Gasteiger partial charge in [-0.05, 0) is 30.5 Å². The van der Waals surface area contributed by atoms with Crippen LogP contribution in [-0.2, 0) is 0 Å². The van der Waals surface area contributed by atoms with Crippen LogP contribution in [0.5, 0.6) is 0 Å². The van der Waals surface area contributed by atoms with Crippen molar-refractivity contribution in [1.82, 2.24) is 4.90 Å². The second kappa shape index (κ2) is 6.09. The van der Waals surface area contributed by atoms with Gasteiger partial charge in [0.1, 0.15) is 5.82 Å². The van der Waals surface area contributed by atoms with Gasteiger partial charge in [0.25, 0.3) is 0 Å². The number of rotatable bonds is 3. The van der Waals surface area contributed by atoms with Crippen molar-refractivity contribution < 1.29 is 24.2 Å². The van der Waals surface area contributed by atoms with E-state index in [4.69, 9.17) is 5.11 Å². The third-order valence-corrected chi connectivity index (χ3v) is 3.78. The Bertz CT molecular complexity index is 564. The summed E-state index contributed by atoms with van der Waals surface area (Å²) in [5.74, 6) is -1.73. The molecular weight excluding hydrogens is 279 g/mol. The molecule has 0 aromatic heterocycles. The minimum absolute atomic E-state index is 0.0938. The maximum Gasteiger partial charge on any atom is 0.337 e. The quantitative estimate of drug-likeness (QED) is 0.792. The van der Waals surface area contributed by atoms with E-state index in [1.54, 1.807) is 0 Å². The molecule has 0 saturated carbocycles. The molecule has 7 heteroatoms. The molecule has 1 saturated heterocycles. The first kappa shape index (κ1) is 15.2. The van der Waals surface area contributed by atoms with Crippen LogP contribution in [-0.4, -0.2) is 46.3 Å². The molecule has 1 aliphatic heterocycles. The molecule has 1 aliphatic rings. The lowest BCUT2D eigenvalue weighted by Crippen LogP contribution is -2.42. The van der Waals surface area contributed by atoms with Crippen LogP contribution in [0.15, 0.2) is 18.2 Å². The number of carboxylic acids is 1. The fraction of sp³-hybridized carbons (Fsp3) is 0.429. The number of likely N-dealkylation sites (tertiary alicyclic amines) is 1. The number of carbonyl (C=O) groups is 2. The van der Waals surface area contributed by atoms with Gasteiger partial charge in [-0.1, -0.05) is 6.92 Å². The van der Waals surface area contributed by atoms with E-state index in [0.717, 1.165) is 24.6 Å². The molecule has 114 valence electrons. The van der Waals surface area contributed by atoms with Crippen LogP contribution in [0.3, 0.4) is 0 Å². The van der Waals surface area contributed by atoms with Gasteiger partial charge in [-0.15, -0.1) is 0 Å². The van der Waals surface area contributed by atoms with Crippen LogP contribution < -0.4 is 5.32 Å². The van der Waals surface area contributed by atoms with Crippen LogP contribution >= 0.6 is 0 Å². The van der Waals surface area contributed by atoms with Crippen LogP contribution in [0, 0.1) is 11.7 Å². The predicted molar refractivity (Wildman–Crippen MR) is 73.7 cm³/mol. The van der Waals surface area contributed by atoms with Gasteiger partial charge in [0.2, 0.25) is 0 Å². The van der Waals surface area contributed by atoms with E-state index in [-0.39, 0.29) is 29.8 Å². The summed E-state index contributed by atoms with van der Waals surface area (Å²) in [6, 6.07) is 2.24. The second-order valence-corrected chi connectivity index (χ2v) is 5.13. The molecule has 1 heterocycles. The summed E-state index contributed by atoms with van der Waals surface area (Å²) in [4.78, 5) is 24.7. The summed E-state index contributed by atoms with van der Waals surface area (Å²) in [5, 5.41) is 20.8. The highest BCUT2D eigenvalue weighted by atomic mass is 19.1. The summed E-state index contributed by atoms with van der Waals surface area (Å²) in [7, 11) is 0. The average Bonchev–Trinajstić information content (AvgIpc) is 2.79. The van der Waals surface area contributed by atoms with E-state index in [1.807, 2.05) is 6.92 Å². The lowest BCUT2D eigenvalue weighted by molar-refractivity contribution is 0.0698. The van der Waals surface area contributed by atoms with E-state index in [0.29, 0.717) is 6.54 Å². The summed E-state index contributed by atoms with van der Waals surface area (Å²) in [5.41, 5.74) is -0.277. The normalized spacial score (nSPS) is 21.4. The average molecular weight is 296 g/mol. The fourth-order valence-corrected chi connectivity index (χ4v) is 2.53. The molecule has 2 amide bonds.